The highest BCUT2D eigenvalue weighted by Crippen LogP contribution is 2.11. The largest absolute Gasteiger partial charge is 0.356 e. The molecule has 3 amide bonds. The van der Waals surface area contributed by atoms with Gasteiger partial charge < -0.3 is 21.7 Å². The molecule has 1 aliphatic rings. The van der Waals surface area contributed by atoms with Crippen LogP contribution in [0.3, 0.4) is 0 Å². The van der Waals surface area contributed by atoms with Crippen molar-refractivity contribution in [1.82, 2.24) is 16.0 Å². The number of carbonyl (C=O) groups excluding carboxylic acids is 2. The van der Waals surface area contributed by atoms with Crippen LogP contribution in [0.1, 0.15) is 64.7 Å². The van der Waals surface area contributed by atoms with E-state index >= 15 is 0 Å². The summed E-state index contributed by atoms with van der Waals surface area (Å²) in [4.78, 5) is 22.8. The number of unbranched alkanes of at least 4 members (excludes halogenated alkanes) is 5. The summed E-state index contributed by atoms with van der Waals surface area (Å²) in [5, 5.41) is 8.73. The third-order valence-corrected chi connectivity index (χ3v) is 4.15. The minimum Gasteiger partial charge on any atom is -0.356 e. The van der Waals surface area contributed by atoms with Gasteiger partial charge in [0.25, 0.3) is 0 Å². The molecule has 0 bridgehead atoms. The Balaban J connectivity index is 1.89. The first-order valence-corrected chi connectivity index (χ1v) is 8.67. The van der Waals surface area contributed by atoms with Crippen LogP contribution in [0.2, 0.25) is 0 Å². The van der Waals surface area contributed by atoms with Gasteiger partial charge in [0.15, 0.2) is 0 Å². The normalized spacial score (nSPS) is 20.5. The van der Waals surface area contributed by atoms with Crippen LogP contribution in [-0.4, -0.2) is 37.1 Å². The zero-order valence-corrected chi connectivity index (χ0v) is 13.8. The molecule has 0 aromatic carbocycles. The standard InChI is InChI=1S/C16H32N4O2/c1-13-14(20-16(22)19-13)9-5-4-6-10-15(21)18-12-8-3-2-7-11-17/h13-14H,2-12,17H2,1H3,(H,18,21)(H2,19,20,22)/t13?,14-/m1/s1. The Kier molecular flexibility index (Phi) is 9.62. The lowest BCUT2D eigenvalue weighted by atomic mass is 10.0. The molecular weight excluding hydrogens is 280 g/mol. The quantitative estimate of drug-likeness (QED) is 0.412. The first kappa shape index (κ1) is 18.7. The molecule has 1 unspecified atom stereocenters. The van der Waals surface area contributed by atoms with Crippen LogP contribution in [-0.2, 0) is 4.79 Å². The van der Waals surface area contributed by atoms with E-state index in [-0.39, 0.29) is 24.0 Å². The van der Waals surface area contributed by atoms with E-state index in [9.17, 15) is 9.59 Å². The van der Waals surface area contributed by atoms with Crippen molar-refractivity contribution in [3.63, 3.8) is 0 Å². The number of hydrogen-bond acceptors (Lipinski definition) is 3. The van der Waals surface area contributed by atoms with E-state index in [4.69, 9.17) is 5.73 Å². The molecule has 1 rings (SSSR count). The summed E-state index contributed by atoms with van der Waals surface area (Å²) in [5.41, 5.74) is 5.43. The average Bonchev–Trinajstić information content (AvgIpc) is 2.80. The molecule has 128 valence electrons. The highest BCUT2D eigenvalue weighted by atomic mass is 16.2. The summed E-state index contributed by atoms with van der Waals surface area (Å²) in [7, 11) is 0. The summed E-state index contributed by atoms with van der Waals surface area (Å²) in [6.45, 7) is 3.55. The lowest BCUT2D eigenvalue weighted by Crippen LogP contribution is -2.30. The number of carbonyl (C=O) groups is 2. The molecule has 0 spiro atoms. The van der Waals surface area contributed by atoms with Crippen molar-refractivity contribution in [2.45, 2.75) is 76.8 Å². The third kappa shape index (κ3) is 8.22. The molecule has 2 atom stereocenters. The van der Waals surface area contributed by atoms with Crippen LogP contribution in [0, 0.1) is 0 Å². The summed E-state index contributed by atoms with van der Waals surface area (Å²) in [6, 6.07) is 0.369. The van der Waals surface area contributed by atoms with E-state index in [2.05, 4.69) is 16.0 Å². The number of urea groups is 1. The number of hydrogen-bond donors (Lipinski definition) is 4. The molecule has 0 aliphatic carbocycles. The lowest BCUT2D eigenvalue weighted by molar-refractivity contribution is -0.121. The van der Waals surface area contributed by atoms with E-state index in [1.807, 2.05) is 6.92 Å². The van der Waals surface area contributed by atoms with Crippen LogP contribution < -0.4 is 21.7 Å². The lowest BCUT2D eigenvalue weighted by Gasteiger charge is -2.13. The summed E-state index contributed by atoms with van der Waals surface area (Å²) < 4.78 is 0. The average molecular weight is 312 g/mol. The zero-order valence-electron chi connectivity index (χ0n) is 13.8. The van der Waals surface area contributed by atoms with Crippen molar-refractivity contribution in [1.29, 1.82) is 0 Å². The van der Waals surface area contributed by atoms with Crippen LogP contribution in [0.15, 0.2) is 0 Å². The van der Waals surface area contributed by atoms with E-state index in [1.54, 1.807) is 0 Å². The fourth-order valence-corrected chi connectivity index (χ4v) is 2.73. The van der Waals surface area contributed by atoms with Crippen molar-refractivity contribution in [3.8, 4) is 0 Å². The monoisotopic (exact) mass is 312 g/mol. The molecule has 0 aromatic heterocycles. The fraction of sp³-hybridized carbons (Fsp3) is 0.875. The second kappa shape index (κ2) is 11.3. The number of amides is 3. The van der Waals surface area contributed by atoms with E-state index in [0.717, 1.165) is 64.5 Å². The Hall–Kier alpha value is -1.30. The number of nitrogens with two attached hydrogens (primary N) is 1. The molecule has 1 fully saturated rings. The summed E-state index contributed by atoms with van der Waals surface area (Å²) in [6.07, 6.45) is 8.97. The highest BCUT2D eigenvalue weighted by molar-refractivity contribution is 5.77. The van der Waals surface area contributed by atoms with Gasteiger partial charge in [-0.1, -0.05) is 25.7 Å². The number of nitrogens with one attached hydrogen (secondary N) is 3. The molecule has 1 heterocycles. The van der Waals surface area contributed by atoms with Crippen molar-refractivity contribution in [2.24, 2.45) is 5.73 Å². The SMILES string of the molecule is CC1NC(=O)N[C@@H]1CCCCCC(=O)NCCCCCCN. The van der Waals surface area contributed by atoms with Crippen molar-refractivity contribution >= 4 is 11.9 Å². The maximum atomic E-state index is 11.6. The highest BCUT2D eigenvalue weighted by Gasteiger charge is 2.26. The van der Waals surface area contributed by atoms with Gasteiger partial charge in [0.05, 0.1) is 6.04 Å². The minimum absolute atomic E-state index is 0.0664. The van der Waals surface area contributed by atoms with Crippen LogP contribution >= 0.6 is 0 Å². The second-order valence-corrected chi connectivity index (χ2v) is 6.17. The Morgan fingerprint density at radius 1 is 1.09 bits per heavy atom. The first-order chi connectivity index (χ1) is 10.6. The van der Waals surface area contributed by atoms with Gasteiger partial charge in [0.2, 0.25) is 5.91 Å². The molecule has 6 heteroatoms. The molecule has 22 heavy (non-hydrogen) atoms. The Bertz CT molecular complexity index is 336. The van der Waals surface area contributed by atoms with E-state index in [0.29, 0.717) is 6.42 Å². The van der Waals surface area contributed by atoms with Gasteiger partial charge in [0, 0.05) is 19.0 Å². The molecule has 5 N–H and O–H groups in total. The van der Waals surface area contributed by atoms with Crippen molar-refractivity contribution in [3.05, 3.63) is 0 Å². The Labute approximate surface area is 134 Å². The zero-order chi connectivity index (χ0) is 16.2. The molecule has 0 radical (unpaired) electrons. The van der Waals surface area contributed by atoms with Gasteiger partial charge in [-0.05, 0) is 39.2 Å². The second-order valence-electron chi connectivity index (χ2n) is 6.17. The predicted molar refractivity (Wildman–Crippen MR) is 88.5 cm³/mol. The van der Waals surface area contributed by atoms with Gasteiger partial charge in [-0.15, -0.1) is 0 Å². The summed E-state index contributed by atoms with van der Waals surface area (Å²) >= 11 is 0. The topological polar surface area (TPSA) is 96.2 Å². The molecule has 6 nitrogen and oxygen atoms in total. The maximum absolute atomic E-state index is 11.6. The van der Waals surface area contributed by atoms with Crippen molar-refractivity contribution < 1.29 is 9.59 Å². The third-order valence-electron chi connectivity index (χ3n) is 4.15. The van der Waals surface area contributed by atoms with Crippen LogP contribution in [0.5, 0.6) is 0 Å². The van der Waals surface area contributed by atoms with Gasteiger partial charge in [-0.3, -0.25) is 4.79 Å². The van der Waals surface area contributed by atoms with E-state index < -0.39 is 0 Å². The van der Waals surface area contributed by atoms with Gasteiger partial charge in [-0.25, -0.2) is 4.79 Å². The van der Waals surface area contributed by atoms with Crippen LogP contribution in [0.25, 0.3) is 0 Å². The molecule has 0 saturated carbocycles. The van der Waals surface area contributed by atoms with Gasteiger partial charge in [-0.2, -0.15) is 0 Å². The maximum Gasteiger partial charge on any atom is 0.315 e. The van der Waals surface area contributed by atoms with Gasteiger partial charge >= 0.3 is 6.03 Å². The van der Waals surface area contributed by atoms with E-state index in [1.165, 1.54) is 0 Å². The number of rotatable bonds is 12. The Morgan fingerprint density at radius 2 is 1.82 bits per heavy atom. The van der Waals surface area contributed by atoms with Crippen LogP contribution in [0.4, 0.5) is 4.79 Å². The molecule has 1 saturated heterocycles. The molecule has 0 aromatic rings. The smallest absolute Gasteiger partial charge is 0.315 e. The molecular formula is C16H32N4O2. The predicted octanol–water partition coefficient (Wildman–Crippen LogP) is 1.64. The van der Waals surface area contributed by atoms with Crippen molar-refractivity contribution in [2.75, 3.05) is 13.1 Å². The summed E-state index contributed by atoms with van der Waals surface area (Å²) in [5.74, 6) is 0.156. The Morgan fingerprint density at radius 3 is 2.50 bits per heavy atom. The fourth-order valence-electron chi connectivity index (χ4n) is 2.73. The first-order valence-electron chi connectivity index (χ1n) is 8.67. The molecule has 1 aliphatic heterocycles. The van der Waals surface area contributed by atoms with Gasteiger partial charge in [0.1, 0.15) is 0 Å². The minimum atomic E-state index is -0.0664.